The number of nitrogens with one attached hydrogen (secondary N) is 1. The number of hydrogen-bond acceptors (Lipinski definition) is 9. The van der Waals surface area contributed by atoms with Crippen molar-refractivity contribution in [3.8, 4) is 28.4 Å². The second kappa shape index (κ2) is 10.2. The lowest BCUT2D eigenvalue weighted by atomic mass is 10.0. The molecule has 0 spiro atoms. The van der Waals surface area contributed by atoms with Gasteiger partial charge < -0.3 is 24.6 Å². The predicted octanol–water partition coefficient (Wildman–Crippen LogP) is 3.55. The molecule has 0 aliphatic carbocycles. The topological polar surface area (TPSA) is 114 Å². The molecule has 0 bridgehead atoms. The zero-order valence-corrected chi connectivity index (χ0v) is 23.1. The van der Waals surface area contributed by atoms with E-state index in [-0.39, 0.29) is 6.61 Å². The number of anilines is 1. The SMILES string of the molecule is CNC[C@@H](O)COc1ccc(C)c(-c2nc(-c3c(C)noc3C)c(C)c(N3Cc4c(C)nn(C)c4C3)n2)c1. The number of aliphatic hydroxyl groups is 1. The van der Waals surface area contributed by atoms with Gasteiger partial charge in [0.05, 0.1) is 34.9 Å². The van der Waals surface area contributed by atoms with E-state index in [1.165, 1.54) is 11.3 Å². The van der Waals surface area contributed by atoms with E-state index in [0.29, 0.717) is 18.1 Å². The van der Waals surface area contributed by atoms with Crippen molar-refractivity contribution in [3.63, 3.8) is 0 Å². The van der Waals surface area contributed by atoms with Crippen LogP contribution in [0.2, 0.25) is 0 Å². The average Bonchev–Trinajstić information content (AvgIpc) is 3.54. The van der Waals surface area contributed by atoms with Crippen LogP contribution < -0.4 is 15.0 Å². The van der Waals surface area contributed by atoms with E-state index in [0.717, 1.165) is 64.0 Å². The fourth-order valence-electron chi connectivity index (χ4n) is 5.15. The zero-order chi connectivity index (χ0) is 27.1. The number of aromatic nitrogens is 5. The van der Waals surface area contributed by atoms with E-state index < -0.39 is 6.10 Å². The van der Waals surface area contributed by atoms with E-state index in [2.05, 4.69) is 34.3 Å². The molecule has 3 aromatic heterocycles. The van der Waals surface area contributed by atoms with Crippen molar-refractivity contribution in [1.29, 1.82) is 0 Å². The summed E-state index contributed by atoms with van der Waals surface area (Å²) in [6, 6.07) is 5.84. The van der Waals surface area contributed by atoms with Gasteiger partial charge in [0.2, 0.25) is 0 Å². The highest BCUT2D eigenvalue weighted by Crippen LogP contribution is 2.38. The molecule has 2 N–H and O–H groups in total. The standard InChI is InChI=1S/C28H35N7O3/c1-15-8-9-21(37-14-20(36)11-29-6)10-22(15)27-30-26(25-18(4)33-38-19(25)5)16(2)28(31-27)35-12-23-17(3)32-34(7)24(23)13-35/h8-10,20,29,36H,11-14H2,1-7H3/t20-/m1/s1. The molecular weight excluding hydrogens is 482 g/mol. The maximum Gasteiger partial charge on any atom is 0.162 e. The highest BCUT2D eigenvalue weighted by atomic mass is 16.5. The van der Waals surface area contributed by atoms with Crippen molar-refractivity contribution >= 4 is 5.82 Å². The van der Waals surface area contributed by atoms with Crippen LogP contribution in [0.3, 0.4) is 0 Å². The summed E-state index contributed by atoms with van der Waals surface area (Å²) < 4.78 is 13.4. The molecule has 10 nitrogen and oxygen atoms in total. The number of benzene rings is 1. The first-order valence-corrected chi connectivity index (χ1v) is 12.8. The Morgan fingerprint density at radius 3 is 2.58 bits per heavy atom. The molecule has 0 amide bonds. The Labute approximate surface area is 222 Å². The Kier molecular flexibility index (Phi) is 6.93. The van der Waals surface area contributed by atoms with E-state index >= 15 is 0 Å². The molecule has 1 aromatic carbocycles. The largest absolute Gasteiger partial charge is 0.491 e. The Morgan fingerprint density at radius 2 is 1.89 bits per heavy atom. The summed E-state index contributed by atoms with van der Waals surface area (Å²) in [5.41, 5.74) is 8.85. The molecule has 200 valence electrons. The van der Waals surface area contributed by atoms with Gasteiger partial charge in [-0.2, -0.15) is 5.10 Å². The second-order valence-corrected chi connectivity index (χ2v) is 10.0. The number of likely N-dealkylation sites (N-methyl/N-ethyl adjacent to an activating group) is 1. The number of aliphatic hydroxyl groups excluding tert-OH is 1. The molecular formula is C28H35N7O3. The van der Waals surface area contributed by atoms with Gasteiger partial charge in [0.25, 0.3) is 0 Å². The van der Waals surface area contributed by atoms with Crippen LogP contribution in [0.4, 0.5) is 5.82 Å². The van der Waals surface area contributed by atoms with Crippen LogP contribution in [0.25, 0.3) is 22.6 Å². The molecule has 0 unspecified atom stereocenters. The molecule has 0 fully saturated rings. The summed E-state index contributed by atoms with van der Waals surface area (Å²) in [5, 5.41) is 21.8. The van der Waals surface area contributed by atoms with Crippen LogP contribution in [0.5, 0.6) is 5.75 Å². The maximum atomic E-state index is 10.1. The second-order valence-electron chi connectivity index (χ2n) is 10.0. The minimum absolute atomic E-state index is 0.188. The van der Waals surface area contributed by atoms with Crippen LogP contribution in [0, 0.1) is 34.6 Å². The van der Waals surface area contributed by atoms with Crippen LogP contribution in [0.15, 0.2) is 22.7 Å². The molecule has 1 aliphatic heterocycles. The molecule has 4 heterocycles. The molecule has 0 radical (unpaired) electrons. The first kappa shape index (κ1) is 25.9. The Bertz CT molecular complexity index is 1440. The van der Waals surface area contributed by atoms with Gasteiger partial charge in [-0.15, -0.1) is 0 Å². The summed E-state index contributed by atoms with van der Waals surface area (Å²) >= 11 is 0. The minimum Gasteiger partial charge on any atom is -0.491 e. The van der Waals surface area contributed by atoms with Gasteiger partial charge in [-0.1, -0.05) is 11.2 Å². The van der Waals surface area contributed by atoms with Gasteiger partial charge in [-0.25, -0.2) is 9.97 Å². The van der Waals surface area contributed by atoms with Crippen LogP contribution in [-0.4, -0.2) is 56.3 Å². The molecule has 38 heavy (non-hydrogen) atoms. The summed E-state index contributed by atoms with van der Waals surface area (Å²) in [7, 11) is 3.79. The fraction of sp³-hybridized carbons (Fsp3) is 0.429. The third-order valence-electron chi connectivity index (χ3n) is 7.19. The molecule has 1 atom stereocenters. The molecule has 0 saturated carbocycles. The minimum atomic E-state index is -0.604. The van der Waals surface area contributed by atoms with Crippen molar-refractivity contribution < 1.29 is 14.4 Å². The highest BCUT2D eigenvalue weighted by Gasteiger charge is 2.30. The lowest BCUT2D eigenvalue weighted by molar-refractivity contribution is 0.108. The van der Waals surface area contributed by atoms with E-state index in [1.807, 2.05) is 50.7 Å². The van der Waals surface area contributed by atoms with Gasteiger partial charge >= 0.3 is 0 Å². The Balaban J connectivity index is 1.61. The zero-order valence-electron chi connectivity index (χ0n) is 23.1. The number of hydrogen-bond donors (Lipinski definition) is 2. The summed E-state index contributed by atoms with van der Waals surface area (Å²) in [6.07, 6.45) is -0.604. The number of ether oxygens (including phenoxy) is 1. The summed E-state index contributed by atoms with van der Waals surface area (Å²) in [4.78, 5) is 12.5. The molecule has 5 rings (SSSR count). The number of rotatable bonds is 8. The van der Waals surface area contributed by atoms with Gasteiger partial charge in [-0.05, 0) is 59.4 Å². The van der Waals surface area contributed by atoms with Crippen molar-refractivity contribution in [2.45, 2.75) is 53.8 Å². The molecule has 10 heteroatoms. The first-order valence-electron chi connectivity index (χ1n) is 12.8. The summed E-state index contributed by atoms with van der Waals surface area (Å²) in [6.45, 7) is 12.1. The quantitative estimate of drug-likeness (QED) is 0.362. The van der Waals surface area contributed by atoms with Crippen LogP contribution in [0.1, 0.15) is 39.5 Å². The predicted molar refractivity (Wildman–Crippen MR) is 145 cm³/mol. The fourth-order valence-corrected chi connectivity index (χ4v) is 5.15. The maximum absolute atomic E-state index is 10.1. The molecule has 1 aliphatic rings. The number of nitrogens with zero attached hydrogens (tertiary/aromatic N) is 6. The lowest BCUT2D eigenvalue weighted by Gasteiger charge is -2.22. The first-order chi connectivity index (χ1) is 18.2. The Hall–Kier alpha value is -3.76. The third kappa shape index (κ3) is 4.65. The highest BCUT2D eigenvalue weighted by molar-refractivity contribution is 5.76. The molecule has 4 aromatic rings. The van der Waals surface area contributed by atoms with Gasteiger partial charge in [0, 0.05) is 36.8 Å². The monoisotopic (exact) mass is 517 g/mol. The van der Waals surface area contributed by atoms with Gasteiger partial charge in [0.1, 0.15) is 30.0 Å². The van der Waals surface area contributed by atoms with Crippen molar-refractivity contribution in [3.05, 3.63) is 57.7 Å². The Morgan fingerprint density at radius 1 is 1.11 bits per heavy atom. The van der Waals surface area contributed by atoms with Crippen molar-refractivity contribution in [1.82, 2.24) is 30.2 Å². The van der Waals surface area contributed by atoms with Crippen LogP contribution >= 0.6 is 0 Å². The summed E-state index contributed by atoms with van der Waals surface area (Å²) in [5.74, 6) is 2.85. The van der Waals surface area contributed by atoms with Gasteiger partial charge in [0.15, 0.2) is 5.82 Å². The number of aryl methyl sites for hydroxylation is 5. The lowest BCUT2D eigenvalue weighted by Crippen LogP contribution is -2.29. The van der Waals surface area contributed by atoms with Gasteiger partial charge in [-0.3, -0.25) is 4.68 Å². The van der Waals surface area contributed by atoms with Crippen LogP contribution in [-0.2, 0) is 20.1 Å². The normalized spacial score (nSPS) is 13.7. The molecule has 0 saturated heterocycles. The van der Waals surface area contributed by atoms with E-state index in [1.54, 1.807) is 7.05 Å². The van der Waals surface area contributed by atoms with E-state index in [9.17, 15) is 5.11 Å². The third-order valence-corrected chi connectivity index (χ3v) is 7.19. The van der Waals surface area contributed by atoms with Crippen molar-refractivity contribution in [2.24, 2.45) is 7.05 Å². The average molecular weight is 518 g/mol. The smallest absolute Gasteiger partial charge is 0.162 e. The van der Waals surface area contributed by atoms with E-state index in [4.69, 9.17) is 19.2 Å². The number of fused-ring (bicyclic) bond motifs is 1. The van der Waals surface area contributed by atoms with Crippen molar-refractivity contribution in [2.75, 3.05) is 25.1 Å².